The van der Waals surface area contributed by atoms with Crippen LogP contribution in [0, 0.1) is 0 Å². The predicted octanol–water partition coefficient (Wildman–Crippen LogP) is -1.51. The van der Waals surface area contributed by atoms with Crippen molar-refractivity contribution in [2.75, 3.05) is 27.8 Å². The number of carbonyl (C=O) groups excluding carboxylic acids is 2. The number of carboxylic acids is 1. The van der Waals surface area contributed by atoms with E-state index in [1.165, 1.54) is 0 Å². The minimum Gasteiger partial charge on any atom is -0.550 e. The highest BCUT2D eigenvalue weighted by molar-refractivity contribution is 5.89. The molecule has 0 heterocycles. The molecule has 94 valence electrons. The smallest absolute Gasteiger partial charge is 0.182 e. The molecule has 0 amide bonds. The van der Waals surface area contributed by atoms with Crippen LogP contribution >= 0.6 is 0 Å². The molecule has 0 aliphatic carbocycles. The fourth-order valence-corrected chi connectivity index (χ4v) is 1.67. The molecule has 0 fully saturated rings. The number of hydrogen-bond acceptors (Lipinski definition) is 4. The molecule has 2 atom stereocenters. The molecule has 0 aromatic heterocycles. The number of rotatable bonds is 6. The van der Waals surface area contributed by atoms with E-state index in [0.717, 1.165) is 6.92 Å². The Hall–Kier alpha value is -1.01. The van der Waals surface area contributed by atoms with Gasteiger partial charge in [0.15, 0.2) is 17.4 Å². The van der Waals surface area contributed by atoms with Crippen molar-refractivity contribution in [3.05, 3.63) is 0 Å². The van der Waals surface area contributed by atoms with E-state index < -0.39 is 36.5 Å². The van der Waals surface area contributed by atoms with Crippen molar-refractivity contribution < 1.29 is 28.7 Å². The second kappa shape index (κ2) is 4.88. The summed E-state index contributed by atoms with van der Waals surface area (Å²) in [6.07, 6.45) is -0.896. The number of ketones is 1. The van der Waals surface area contributed by atoms with Crippen molar-refractivity contribution in [2.45, 2.75) is 25.0 Å². The van der Waals surface area contributed by atoms with Gasteiger partial charge in [-0.15, -0.1) is 0 Å². The Labute approximate surface area is 94.1 Å². The lowest BCUT2D eigenvalue weighted by molar-refractivity contribution is -0.902. The van der Waals surface area contributed by atoms with Crippen LogP contribution in [-0.4, -0.2) is 60.8 Å². The number of Topliss-reactive ketones (excluding diaryl/α,β-unsaturated/α-hetero) is 1. The lowest BCUT2D eigenvalue weighted by Gasteiger charge is -2.41. The summed E-state index contributed by atoms with van der Waals surface area (Å²) < 4.78 is 12.9. The molecule has 16 heavy (non-hydrogen) atoms. The van der Waals surface area contributed by atoms with Crippen molar-refractivity contribution in [2.24, 2.45) is 0 Å². The number of nitrogens with zero attached hydrogens (tertiary/aromatic N) is 1. The standard InChI is InChI=1S/C10H18FNO4/c1-7(13)10(16,5-9(14)15)8(6-11)12(2,3)4/h8,16H,5-6H2,1-4H3/t8?,10-/m0/s1. The van der Waals surface area contributed by atoms with Gasteiger partial charge in [-0.05, 0) is 6.92 Å². The van der Waals surface area contributed by atoms with Gasteiger partial charge in [-0.3, -0.25) is 4.79 Å². The van der Waals surface area contributed by atoms with Gasteiger partial charge in [0.05, 0.1) is 21.1 Å². The van der Waals surface area contributed by atoms with E-state index in [4.69, 9.17) is 0 Å². The van der Waals surface area contributed by atoms with Gasteiger partial charge >= 0.3 is 0 Å². The fourth-order valence-electron chi connectivity index (χ4n) is 1.67. The molecule has 0 saturated carbocycles. The van der Waals surface area contributed by atoms with E-state index in [-0.39, 0.29) is 4.48 Å². The van der Waals surface area contributed by atoms with E-state index in [2.05, 4.69) is 0 Å². The summed E-state index contributed by atoms with van der Waals surface area (Å²) in [6, 6.07) is -1.14. The Morgan fingerprint density at radius 2 is 1.88 bits per heavy atom. The number of aliphatic hydroxyl groups is 1. The molecule has 0 saturated heterocycles. The van der Waals surface area contributed by atoms with Gasteiger partial charge in [0.25, 0.3) is 0 Å². The van der Waals surface area contributed by atoms with Gasteiger partial charge in [0.1, 0.15) is 6.67 Å². The first-order valence-corrected chi connectivity index (χ1v) is 4.86. The maximum absolute atomic E-state index is 12.9. The monoisotopic (exact) mass is 235 g/mol. The highest BCUT2D eigenvalue weighted by atomic mass is 19.1. The lowest BCUT2D eigenvalue weighted by Crippen LogP contribution is -2.64. The highest BCUT2D eigenvalue weighted by Crippen LogP contribution is 2.24. The molecule has 5 nitrogen and oxygen atoms in total. The molecule has 0 aromatic carbocycles. The maximum Gasteiger partial charge on any atom is 0.182 e. The van der Waals surface area contributed by atoms with Gasteiger partial charge in [-0.1, -0.05) is 0 Å². The Morgan fingerprint density at radius 3 is 2.06 bits per heavy atom. The molecule has 1 unspecified atom stereocenters. The van der Waals surface area contributed by atoms with Crippen molar-refractivity contribution in [1.29, 1.82) is 0 Å². The third-order valence-corrected chi connectivity index (χ3v) is 2.66. The first kappa shape index (κ1) is 15.0. The maximum atomic E-state index is 12.9. The van der Waals surface area contributed by atoms with Crippen LogP contribution in [-0.2, 0) is 9.59 Å². The van der Waals surface area contributed by atoms with E-state index in [1.54, 1.807) is 21.1 Å². The molecular weight excluding hydrogens is 217 g/mol. The van der Waals surface area contributed by atoms with Crippen molar-refractivity contribution >= 4 is 11.8 Å². The van der Waals surface area contributed by atoms with Gasteiger partial charge in [0, 0.05) is 12.4 Å². The summed E-state index contributed by atoms with van der Waals surface area (Å²) in [6.45, 7) is 0.0497. The highest BCUT2D eigenvalue weighted by Gasteiger charge is 2.49. The van der Waals surface area contributed by atoms with Crippen molar-refractivity contribution in [3.63, 3.8) is 0 Å². The van der Waals surface area contributed by atoms with Crippen LogP contribution in [0.5, 0.6) is 0 Å². The van der Waals surface area contributed by atoms with E-state index in [9.17, 15) is 24.2 Å². The molecule has 0 rings (SSSR count). The number of carbonyl (C=O) groups is 2. The van der Waals surface area contributed by atoms with E-state index in [1.807, 2.05) is 0 Å². The number of carboxylic acid groups (broad SMARTS) is 1. The minimum absolute atomic E-state index is 0.0557. The zero-order valence-corrected chi connectivity index (χ0v) is 9.99. The van der Waals surface area contributed by atoms with Crippen LogP contribution in [0.25, 0.3) is 0 Å². The third-order valence-electron chi connectivity index (χ3n) is 2.66. The third kappa shape index (κ3) is 3.24. The SMILES string of the molecule is CC(=O)[C@@](O)(CC(=O)[O-])C(CF)[N+](C)(C)C. The summed E-state index contributed by atoms with van der Waals surface area (Å²) in [4.78, 5) is 21.8. The summed E-state index contributed by atoms with van der Waals surface area (Å²) in [5.74, 6) is -2.35. The first-order valence-electron chi connectivity index (χ1n) is 4.86. The second-order valence-electron chi connectivity index (χ2n) is 4.82. The number of halogens is 1. The zero-order valence-electron chi connectivity index (χ0n) is 9.99. The predicted molar refractivity (Wildman–Crippen MR) is 53.1 cm³/mol. The van der Waals surface area contributed by atoms with Gasteiger partial charge < -0.3 is 19.5 Å². The average Bonchev–Trinajstić information content (AvgIpc) is 1.99. The average molecular weight is 235 g/mol. The molecule has 0 radical (unpaired) electrons. The second-order valence-corrected chi connectivity index (χ2v) is 4.82. The van der Waals surface area contributed by atoms with Crippen LogP contribution in [0.4, 0.5) is 4.39 Å². The summed E-state index contributed by atoms with van der Waals surface area (Å²) in [7, 11) is 4.73. The van der Waals surface area contributed by atoms with Crippen LogP contribution in [0.2, 0.25) is 0 Å². The van der Waals surface area contributed by atoms with E-state index in [0.29, 0.717) is 0 Å². The topological polar surface area (TPSA) is 77.4 Å². The van der Waals surface area contributed by atoms with Gasteiger partial charge in [-0.25, -0.2) is 4.39 Å². The van der Waals surface area contributed by atoms with Crippen LogP contribution in [0.3, 0.4) is 0 Å². The largest absolute Gasteiger partial charge is 0.550 e. The lowest BCUT2D eigenvalue weighted by atomic mass is 9.85. The van der Waals surface area contributed by atoms with Crippen molar-refractivity contribution in [3.8, 4) is 0 Å². The van der Waals surface area contributed by atoms with Crippen LogP contribution < -0.4 is 5.11 Å². The number of hydrogen-bond donors (Lipinski definition) is 1. The number of quaternary nitrogens is 1. The minimum atomic E-state index is -2.23. The summed E-state index contributed by atoms with van der Waals surface area (Å²) in [5, 5.41) is 20.5. The Balaban J connectivity index is 5.31. The first-order chi connectivity index (χ1) is 7.05. The quantitative estimate of drug-likeness (QED) is 0.568. The van der Waals surface area contributed by atoms with Crippen molar-refractivity contribution in [1.82, 2.24) is 0 Å². The molecule has 0 aromatic rings. The number of alkyl halides is 1. The molecule has 1 N–H and O–H groups in total. The zero-order chi connectivity index (χ0) is 13.1. The Kier molecular flexibility index (Phi) is 4.57. The molecule has 0 spiro atoms. The normalized spacial score (nSPS) is 17.6. The van der Waals surface area contributed by atoms with Crippen LogP contribution in [0.1, 0.15) is 13.3 Å². The molecule has 0 aliphatic heterocycles. The van der Waals surface area contributed by atoms with Gasteiger partial charge in [-0.2, -0.15) is 0 Å². The summed E-state index contributed by atoms with van der Waals surface area (Å²) in [5.41, 5.74) is -2.23. The molecule has 0 bridgehead atoms. The summed E-state index contributed by atoms with van der Waals surface area (Å²) >= 11 is 0. The number of aliphatic carboxylic acids is 1. The molecular formula is C10H18FNO4. The van der Waals surface area contributed by atoms with Crippen LogP contribution in [0.15, 0.2) is 0 Å². The molecule has 0 aliphatic rings. The van der Waals surface area contributed by atoms with E-state index >= 15 is 0 Å². The Bertz CT molecular complexity index is 287. The fraction of sp³-hybridized carbons (Fsp3) is 0.800. The Morgan fingerprint density at radius 1 is 1.44 bits per heavy atom. The number of likely N-dealkylation sites (N-methyl/N-ethyl adjacent to an activating group) is 1. The van der Waals surface area contributed by atoms with Gasteiger partial charge in [0.2, 0.25) is 0 Å². The molecule has 6 heteroatoms.